The fourth-order valence-electron chi connectivity index (χ4n) is 2.34. The quantitative estimate of drug-likeness (QED) is 0.548. The summed E-state index contributed by atoms with van der Waals surface area (Å²) >= 11 is 3.11. The first-order valence-electron chi connectivity index (χ1n) is 7.47. The molecule has 0 aliphatic carbocycles. The Hall–Kier alpha value is -2.51. The molecule has 0 aliphatic rings. The summed E-state index contributed by atoms with van der Waals surface area (Å²) < 4.78 is 5.66. The van der Waals surface area contributed by atoms with Gasteiger partial charge in [0.15, 0.2) is 0 Å². The number of fused-ring (bicyclic) bond motifs is 1. The maximum atomic E-state index is 5.66. The van der Waals surface area contributed by atoms with Crippen LogP contribution < -0.4 is 10.1 Å². The Balaban J connectivity index is 1.35. The fraction of sp³-hybridized carbons (Fsp3) is 0.118. The van der Waals surface area contributed by atoms with Crippen LogP contribution in [-0.4, -0.2) is 21.5 Å². The van der Waals surface area contributed by atoms with Crippen molar-refractivity contribution in [2.75, 3.05) is 11.9 Å². The zero-order chi connectivity index (χ0) is 16.2. The van der Waals surface area contributed by atoms with Crippen LogP contribution in [0, 0.1) is 0 Å². The molecule has 1 aromatic carbocycles. The molecule has 0 atom stereocenters. The largest absolute Gasteiger partial charge is 0.431 e. The molecule has 1 N–H and O–H groups in total. The van der Waals surface area contributed by atoms with E-state index in [1.807, 2.05) is 29.0 Å². The molecule has 4 rings (SSSR count). The maximum Gasteiger partial charge on any atom is 0.278 e. The first-order valence-corrected chi connectivity index (χ1v) is 9.23. The normalized spacial score (nSPS) is 10.8. The van der Waals surface area contributed by atoms with Gasteiger partial charge in [0.05, 0.1) is 5.39 Å². The number of benzene rings is 1. The standard InChI is InChI=1S/C17H14N4OS2/c1-3-13(22-17-19-8-10-24-17)4-2-12(1)5-7-18-15-14-6-9-23-16(14)21-11-20-15/h1-4,6,8-11H,5,7H2,(H,18,20,21). The number of hydrogen-bond acceptors (Lipinski definition) is 7. The predicted octanol–water partition coefficient (Wildman–Crippen LogP) is 4.59. The van der Waals surface area contributed by atoms with Gasteiger partial charge in [-0.2, -0.15) is 0 Å². The lowest BCUT2D eigenvalue weighted by Crippen LogP contribution is -2.06. The molecule has 4 aromatic rings. The summed E-state index contributed by atoms with van der Waals surface area (Å²) in [4.78, 5) is 13.7. The van der Waals surface area contributed by atoms with E-state index in [9.17, 15) is 0 Å². The third-order valence-electron chi connectivity index (χ3n) is 3.51. The molecule has 0 aliphatic heterocycles. The molecule has 0 bridgehead atoms. The van der Waals surface area contributed by atoms with Crippen LogP contribution in [-0.2, 0) is 6.42 Å². The molecular formula is C17H14N4OS2. The van der Waals surface area contributed by atoms with E-state index in [2.05, 4.69) is 32.4 Å². The number of thiazole rings is 1. The second kappa shape index (κ2) is 6.94. The maximum absolute atomic E-state index is 5.66. The monoisotopic (exact) mass is 354 g/mol. The van der Waals surface area contributed by atoms with Crippen molar-refractivity contribution >= 4 is 38.7 Å². The molecule has 5 nitrogen and oxygen atoms in total. The van der Waals surface area contributed by atoms with Crippen molar-refractivity contribution in [3.8, 4) is 10.9 Å². The second-order valence-corrected chi connectivity index (χ2v) is 6.83. The molecule has 3 heterocycles. The Kier molecular flexibility index (Phi) is 4.35. The Labute approximate surface area is 147 Å². The second-order valence-electron chi connectivity index (χ2n) is 5.08. The van der Waals surface area contributed by atoms with Crippen molar-refractivity contribution in [2.24, 2.45) is 0 Å². The number of hydrogen-bond donors (Lipinski definition) is 1. The van der Waals surface area contributed by atoms with Crippen molar-refractivity contribution in [3.63, 3.8) is 0 Å². The van der Waals surface area contributed by atoms with Gasteiger partial charge in [0.25, 0.3) is 5.19 Å². The van der Waals surface area contributed by atoms with Gasteiger partial charge < -0.3 is 10.1 Å². The third kappa shape index (κ3) is 3.37. The third-order valence-corrected chi connectivity index (χ3v) is 4.97. The summed E-state index contributed by atoms with van der Waals surface area (Å²) in [7, 11) is 0. The fourth-order valence-corrected chi connectivity index (χ4v) is 3.58. The average Bonchev–Trinajstić information content (AvgIpc) is 3.28. The predicted molar refractivity (Wildman–Crippen MR) is 98.2 cm³/mol. The van der Waals surface area contributed by atoms with Gasteiger partial charge in [0.1, 0.15) is 22.7 Å². The number of rotatable bonds is 6. The molecule has 0 radical (unpaired) electrons. The summed E-state index contributed by atoms with van der Waals surface area (Å²) in [6.45, 7) is 0.814. The molecular weight excluding hydrogens is 340 g/mol. The summed E-state index contributed by atoms with van der Waals surface area (Å²) in [6, 6.07) is 10.1. The van der Waals surface area contributed by atoms with Crippen molar-refractivity contribution in [1.29, 1.82) is 0 Å². The van der Waals surface area contributed by atoms with Gasteiger partial charge in [0, 0.05) is 18.1 Å². The summed E-state index contributed by atoms with van der Waals surface area (Å²) in [5, 5.41) is 9.06. The van der Waals surface area contributed by atoms with Gasteiger partial charge in [-0.25, -0.2) is 15.0 Å². The van der Waals surface area contributed by atoms with Crippen molar-refractivity contribution in [3.05, 3.63) is 59.2 Å². The molecule has 0 unspecified atom stereocenters. The van der Waals surface area contributed by atoms with Crippen LogP contribution in [0.5, 0.6) is 10.9 Å². The van der Waals surface area contributed by atoms with Crippen LogP contribution in [0.1, 0.15) is 5.56 Å². The van der Waals surface area contributed by atoms with Gasteiger partial charge >= 0.3 is 0 Å². The van der Waals surface area contributed by atoms with Gasteiger partial charge in [-0.1, -0.05) is 23.5 Å². The Morgan fingerprint density at radius 3 is 2.71 bits per heavy atom. The highest BCUT2D eigenvalue weighted by Crippen LogP contribution is 2.25. The van der Waals surface area contributed by atoms with E-state index in [4.69, 9.17) is 4.74 Å². The summed E-state index contributed by atoms with van der Waals surface area (Å²) in [5.74, 6) is 1.70. The van der Waals surface area contributed by atoms with Gasteiger partial charge in [-0.05, 0) is 35.6 Å². The van der Waals surface area contributed by atoms with Crippen LogP contribution in [0.25, 0.3) is 10.2 Å². The van der Waals surface area contributed by atoms with E-state index >= 15 is 0 Å². The van der Waals surface area contributed by atoms with E-state index in [-0.39, 0.29) is 0 Å². The number of anilines is 1. The van der Waals surface area contributed by atoms with Crippen LogP contribution >= 0.6 is 22.7 Å². The molecule has 7 heteroatoms. The molecule has 3 aromatic heterocycles. The molecule has 24 heavy (non-hydrogen) atoms. The molecule has 0 saturated carbocycles. The zero-order valence-electron chi connectivity index (χ0n) is 12.7. The molecule has 120 valence electrons. The first kappa shape index (κ1) is 15.0. The lowest BCUT2D eigenvalue weighted by atomic mass is 10.1. The highest BCUT2D eigenvalue weighted by Gasteiger charge is 2.04. The van der Waals surface area contributed by atoms with E-state index in [0.717, 1.165) is 34.7 Å². The molecule has 0 spiro atoms. The SMILES string of the molecule is c1csc(Oc2ccc(CCNc3ncnc4sccc34)cc2)n1. The van der Waals surface area contributed by atoms with E-state index in [1.54, 1.807) is 23.9 Å². The molecule has 0 fully saturated rings. The zero-order valence-corrected chi connectivity index (χ0v) is 14.3. The minimum absolute atomic E-state index is 0.660. The number of ether oxygens (including phenoxy) is 1. The van der Waals surface area contributed by atoms with Crippen molar-refractivity contribution < 1.29 is 4.74 Å². The van der Waals surface area contributed by atoms with Crippen molar-refractivity contribution in [1.82, 2.24) is 15.0 Å². The van der Waals surface area contributed by atoms with Crippen molar-refractivity contribution in [2.45, 2.75) is 6.42 Å². The summed E-state index contributed by atoms with van der Waals surface area (Å²) in [6.07, 6.45) is 4.25. The van der Waals surface area contributed by atoms with Crippen LogP contribution in [0.2, 0.25) is 0 Å². The number of nitrogens with zero attached hydrogens (tertiary/aromatic N) is 3. The smallest absolute Gasteiger partial charge is 0.278 e. The number of nitrogens with one attached hydrogen (secondary N) is 1. The minimum Gasteiger partial charge on any atom is -0.431 e. The van der Waals surface area contributed by atoms with Crippen LogP contribution in [0.4, 0.5) is 5.82 Å². The Bertz CT molecular complexity index is 919. The van der Waals surface area contributed by atoms with E-state index in [0.29, 0.717) is 5.19 Å². The van der Waals surface area contributed by atoms with Crippen LogP contribution in [0.15, 0.2) is 53.6 Å². The van der Waals surface area contributed by atoms with Gasteiger partial charge in [-0.15, -0.1) is 11.3 Å². The minimum atomic E-state index is 0.660. The highest BCUT2D eigenvalue weighted by atomic mass is 32.1. The number of thiophene rings is 1. The number of aromatic nitrogens is 3. The van der Waals surface area contributed by atoms with E-state index < -0.39 is 0 Å². The molecule has 0 saturated heterocycles. The summed E-state index contributed by atoms with van der Waals surface area (Å²) in [5.41, 5.74) is 1.24. The van der Waals surface area contributed by atoms with Crippen LogP contribution in [0.3, 0.4) is 0 Å². The molecule has 0 amide bonds. The average molecular weight is 354 g/mol. The topological polar surface area (TPSA) is 59.9 Å². The Morgan fingerprint density at radius 2 is 1.88 bits per heavy atom. The first-order chi connectivity index (χ1) is 11.9. The van der Waals surface area contributed by atoms with E-state index in [1.165, 1.54) is 16.9 Å². The lowest BCUT2D eigenvalue weighted by molar-refractivity contribution is 0.478. The van der Waals surface area contributed by atoms with Gasteiger partial charge in [-0.3, -0.25) is 0 Å². The van der Waals surface area contributed by atoms with Gasteiger partial charge in [0.2, 0.25) is 0 Å². The highest BCUT2D eigenvalue weighted by molar-refractivity contribution is 7.16. The Morgan fingerprint density at radius 1 is 0.958 bits per heavy atom. The lowest BCUT2D eigenvalue weighted by Gasteiger charge is -2.07.